The fraction of sp³-hybridized carbons (Fsp3) is 0.133. The highest BCUT2D eigenvalue weighted by molar-refractivity contribution is 6.31. The van der Waals surface area contributed by atoms with Crippen LogP contribution in [0.5, 0.6) is 0 Å². The fourth-order valence-corrected chi connectivity index (χ4v) is 2.11. The molecule has 96 valence electrons. The lowest BCUT2D eigenvalue weighted by Gasteiger charge is -2.22. The Hall–Kier alpha value is -2.18. The summed E-state index contributed by atoms with van der Waals surface area (Å²) in [7, 11) is 1.93. The highest BCUT2D eigenvalue weighted by Crippen LogP contribution is 2.26. The molecule has 2 aromatic rings. The van der Waals surface area contributed by atoms with Crippen LogP contribution in [0.1, 0.15) is 11.1 Å². The van der Waals surface area contributed by atoms with Crippen LogP contribution in [0.15, 0.2) is 42.5 Å². The van der Waals surface area contributed by atoms with Crippen LogP contribution in [0, 0.1) is 11.3 Å². The van der Waals surface area contributed by atoms with Crippen LogP contribution in [-0.4, -0.2) is 7.05 Å². The summed E-state index contributed by atoms with van der Waals surface area (Å²) < 4.78 is 0. The molecule has 2 aromatic carbocycles. The molecule has 0 fully saturated rings. The average Bonchev–Trinajstić information content (AvgIpc) is 2.42. The third-order valence-corrected chi connectivity index (χ3v) is 3.30. The van der Waals surface area contributed by atoms with Crippen LogP contribution in [0.4, 0.5) is 11.4 Å². The average molecular weight is 272 g/mol. The Morgan fingerprint density at radius 1 is 1.26 bits per heavy atom. The summed E-state index contributed by atoms with van der Waals surface area (Å²) in [4.78, 5) is 1.98. The molecule has 0 aliphatic rings. The number of halogens is 1. The van der Waals surface area contributed by atoms with Crippen LogP contribution in [0.2, 0.25) is 5.02 Å². The summed E-state index contributed by atoms with van der Waals surface area (Å²) in [6.45, 7) is 0.638. The first-order chi connectivity index (χ1) is 9.11. The van der Waals surface area contributed by atoms with Crippen LogP contribution >= 0.6 is 11.6 Å². The van der Waals surface area contributed by atoms with Crippen LogP contribution in [-0.2, 0) is 6.54 Å². The van der Waals surface area contributed by atoms with Crippen molar-refractivity contribution < 1.29 is 0 Å². The second kappa shape index (κ2) is 5.64. The van der Waals surface area contributed by atoms with Crippen molar-refractivity contribution in [2.24, 2.45) is 0 Å². The van der Waals surface area contributed by atoms with Gasteiger partial charge in [-0.1, -0.05) is 29.8 Å². The number of nitrogen functional groups attached to an aromatic ring is 1. The fourth-order valence-electron chi connectivity index (χ4n) is 1.91. The number of nitrogens with zero attached hydrogens (tertiary/aromatic N) is 2. The van der Waals surface area contributed by atoms with Gasteiger partial charge in [0.05, 0.1) is 23.0 Å². The maximum Gasteiger partial charge on any atom is 0.0992 e. The number of nitrogens with two attached hydrogens (primary N) is 1. The second-order valence-corrected chi connectivity index (χ2v) is 4.74. The molecule has 0 heterocycles. The van der Waals surface area contributed by atoms with Gasteiger partial charge in [0.25, 0.3) is 0 Å². The van der Waals surface area contributed by atoms with Gasteiger partial charge in [0, 0.05) is 18.6 Å². The first-order valence-electron chi connectivity index (χ1n) is 5.86. The molecule has 0 radical (unpaired) electrons. The molecule has 2 N–H and O–H groups in total. The van der Waals surface area contributed by atoms with Gasteiger partial charge in [-0.25, -0.2) is 0 Å². The van der Waals surface area contributed by atoms with E-state index >= 15 is 0 Å². The van der Waals surface area contributed by atoms with Gasteiger partial charge in [0.2, 0.25) is 0 Å². The van der Waals surface area contributed by atoms with Crippen molar-refractivity contribution in [1.29, 1.82) is 5.26 Å². The van der Waals surface area contributed by atoms with Crippen LogP contribution in [0.3, 0.4) is 0 Å². The molecular weight excluding hydrogens is 258 g/mol. The van der Waals surface area contributed by atoms with Crippen molar-refractivity contribution in [3.8, 4) is 6.07 Å². The molecule has 0 aliphatic heterocycles. The molecule has 0 atom stereocenters. The monoisotopic (exact) mass is 271 g/mol. The Kier molecular flexibility index (Phi) is 3.94. The zero-order chi connectivity index (χ0) is 13.8. The van der Waals surface area contributed by atoms with E-state index in [9.17, 15) is 0 Å². The van der Waals surface area contributed by atoms with Gasteiger partial charge in [-0.2, -0.15) is 5.26 Å². The summed E-state index contributed by atoms with van der Waals surface area (Å²) in [5.74, 6) is 0. The molecule has 0 saturated heterocycles. The van der Waals surface area contributed by atoms with E-state index < -0.39 is 0 Å². The SMILES string of the molecule is CN(Cc1ccccc1Cl)c1cc(C#N)ccc1N. The van der Waals surface area contributed by atoms with E-state index in [4.69, 9.17) is 22.6 Å². The first-order valence-corrected chi connectivity index (χ1v) is 6.24. The molecular formula is C15H14ClN3. The normalized spacial score (nSPS) is 9.95. The number of nitriles is 1. The lowest BCUT2D eigenvalue weighted by molar-refractivity contribution is 0.924. The van der Waals surface area contributed by atoms with E-state index in [1.165, 1.54) is 0 Å². The van der Waals surface area contributed by atoms with Crippen molar-refractivity contribution in [2.45, 2.75) is 6.54 Å². The maximum atomic E-state index is 8.94. The Morgan fingerprint density at radius 3 is 2.68 bits per heavy atom. The van der Waals surface area contributed by atoms with E-state index in [-0.39, 0.29) is 0 Å². The van der Waals surface area contributed by atoms with Crippen LogP contribution < -0.4 is 10.6 Å². The number of hydrogen-bond acceptors (Lipinski definition) is 3. The molecule has 0 saturated carbocycles. The van der Waals surface area contributed by atoms with E-state index in [1.807, 2.05) is 36.2 Å². The standard InChI is InChI=1S/C15H14ClN3/c1-19(10-12-4-2-3-5-13(12)16)15-8-11(9-17)6-7-14(15)18/h2-8H,10,18H2,1H3. The van der Waals surface area contributed by atoms with Gasteiger partial charge in [-0.15, -0.1) is 0 Å². The van der Waals surface area contributed by atoms with Crippen molar-refractivity contribution in [1.82, 2.24) is 0 Å². The third kappa shape index (κ3) is 2.98. The Morgan fingerprint density at radius 2 is 2.00 bits per heavy atom. The lowest BCUT2D eigenvalue weighted by atomic mass is 10.1. The van der Waals surface area contributed by atoms with Crippen molar-refractivity contribution in [3.05, 3.63) is 58.6 Å². The van der Waals surface area contributed by atoms with Gasteiger partial charge in [-0.05, 0) is 29.8 Å². The Labute approximate surface area is 117 Å². The number of hydrogen-bond donors (Lipinski definition) is 1. The van der Waals surface area contributed by atoms with E-state index in [2.05, 4.69) is 6.07 Å². The number of anilines is 2. The second-order valence-electron chi connectivity index (χ2n) is 4.33. The summed E-state index contributed by atoms with van der Waals surface area (Å²) in [5.41, 5.74) is 9.05. The first kappa shape index (κ1) is 13.3. The quantitative estimate of drug-likeness (QED) is 0.870. The summed E-state index contributed by atoms with van der Waals surface area (Å²) in [6.07, 6.45) is 0. The van der Waals surface area contributed by atoms with E-state index in [0.29, 0.717) is 17.8 Å². The molecule has 0 aliphatic carbocycles. The highest BCUT2D eigenvalue weighted by atomic mass is 35.5. The molecule has 0 amide bonds. The largest absolute Gasteiger partial charge is 0.397 e. The highest BCUT2D eigenvalue weighted by Gasteiger charge is 2.09. The molecule has 2 rings (SSSR count). The van der Waals surface area contributed by atoms with E-state index in [0.717, 1.165) is 16.3 Å². The minimum atomic E-state index is 0.593. The minimum Gasteiger partial charge on any atom is -0.397 e. The summed E-state index contributed by atoms with van der Waals surface area (Å²) in [5, 5.41) is 9.66. The third-order valence-electron chi connectivity index (χ3n) is 2.94. The van der Waals surface area contributed by atoms with Gasteiger partial charge < -0.3 is 10.6 Å². The van der Waals surface area contributed by atoms with Crippen molar-refractivity contribution >= 4 is 23.0 Å². The molecule has 0 spiro atoms. The van der Waals surface area contributed by atoms with Gasteiger partial charge in [-0.3, -0.25) is 0 Å². The lowest BCUT2D eigenvalue weighted by Crippen LogP contribution is -2.18. The summed E-state index contributed by atoms with van der Waals surface area (Å²) in [6, 6.07) is 15.0. The molecule has 3 nitrogen and oxygen atoms in total. The maximum absolute atomic E-state index is 8.94. The summed E-state index contributed by atoms with van der Waals surface area (Å²) >= 11 is 6.14. The van der Waals surface area contributed by atoms with Crippen molar-refractivity contribution in [3.63, 3.8) is 0 Å². The predicted molar refractivity (Wildman–Crippen MR) is 79.1 cm³/mol. The predicted octanol–water partition coefficient (Wildman–Crippen LogP) is 3.43. The molecule has 4 heteroatoms. The molecule has 0 unspecified atom stereocenters. The van der Waals surface area contributed by atoms with Crippen LogP contribution in [0.25, 0.3) is 0 Å². The van der Waals surface area contributed by atoms with Gasteiger partial charge >= 0.3 is 0 Å². The van der Waals surface area contributed by atoms with Crippen molar-refractivity contribution in [2.75, 3.05) is 17.7 Å². The zero-order valence-electron chi connectivity index (χ0n) is 10.6. The number of benzene rings is 2. The Bertz CT molecular complexity index is 632. The van der Waals surface area contributed by atoms with Gasteiger partial charge in [0.1, 0.15) is 0 Å². The zero-order valence-corrected chi connectivity index (χ0v) is 11.4. The Balaban J connectivity index is 2.28. The minimum absolute atomic E-state index is 0.593. The molecule has 0 aromatic heterocycles. The molecule has 19 heavy (non-hydrogen) atoms. The van der Waals surface area contributed by atoms with E-state index in [1.54, 1.807) is 18.2 Å². The molecule has 0 bridgehead atoms. The van der Waals surface area contributed by atoms with Gasteiger partial charge in [0.15, 0.2) is 0 Å². The smallest absolute Gasteiger partial charge is 0.0992 e. The number of rotatable bonds is 3. The topological polar surface area (TPSA) is 53.0 Å².